The monoisotopic (exact) mass is 199 g/mol. The minimum absolute atomic E-state index is 0.442. The third-order valence-corrected chi connectivity index (χ3v) is 1.96. The van der Waals surface area contributed by atoms with Gasteiger partial charge in [-0.15, -0.1) is 0 Å². The van der Waals surface area contributed by atoms with Gasteiger partial charge < -0.3 is 5.73 Å². The molecule has 15 heavy (non-hydrogen) atoms. The van der Waals surface area contributed by atoms with E-state index in [0.29, 0.717) is 17.1 Å². The predicted octanol–water partition coefficient (Wildman–Crippen LogP) is 1.03. The second kappa shape index (κ2) is 3.42. The van der Waals surface area contributed by atoms with Gasteiger partial charge >= 0.3 is 0 Å². The minimum Gasteiger partial charge on any atom is -0.396 e. The highest BCUT2D eigenvalue weighted by atomic mass is 15.3. The first-order valence-corrected chi connectivity index (χ1v) is 4.39. The Hall–Kier alpha value is -2.35. The molecule has 0 aliphatic heterocycles. The first-order chi connectivity index (χ1) is 7.20. The lowest BCUT2D eigenvalue weighted by Crippen LogP contribution is -2.03. The molecule has 2 rings (SSSR count). The van der Waals surface area contributed by atoms with Crippen molar-refractivity contribution in [1.82, 2.24) is 14.8 Å². The van der Waals surface area contributed by atoms with E-state index in [4.69, 9.17) is 11.0 Å². The fourth-order valence-corrected chi connectivity index (χ4v) is 1.26. The number of pyridine rings is 1. The van der Waals surface area contributed by atoms with E-state index in [1.54, 1.807) is 16.9 Å². The molecule has 0 saturated heterocycles. The predicted molar refractivity (Wildman–Crippen MR) is 55.2 cm³/mol. The highest BCUT2D eigenvalue weighted by molar-refractivity contribution is 5.55. The van der Waals surface area contributed by atoms with Crippen molar-refractivity contribution in [3.63, 3.8) is 0 Å². The maximum Gasteiger partial charge on any atom is 0.176 e. The largest absolute Gasteiger partial charge is 0.396 e. The van der Waals surface area contributed by atoms with Crippen LogP contribution in [0.3, 0.4) is 0 Å². The first-order valence-electron chi connectivity index (χ1n) is 4.39. The average molecular weight is 199 g/mol. The Morgan fingerprint density at radius 1 is 1.53 bits per heavy atom. The van der Waals surface area contributed by atoms with E-state index >= 15 is 0 Å². The van der Waals surface area contributed by atoms with Crippen molar-refractivity contribution in [2.75, 3.05) is 5.73 Å². The highest BCUT2D eigenvalue weighted by Crippen LogP contribution is 2.14. The van der Waals surface area contributed by atoms with E-state index in [1.807, 2.05) is 19.1 Å². The summed E-state index contributed by atoms with van der Waals surface area (Å²) in [6.07, 6.45) is 3.25. The molecular formula is C10H9N5. The van der Waals surface area contributed by atoms with Crippen LogP contribution in [0.2, 0.25) is 0 Å². The van der Waals surface area contributed by atoms with Crippen LogP contribution in [-0.4, -0.2) is 14.8 Å². The fourth-order valence-electron chi connectivity index (χ4n) is 1.26. The molecule has 0 unspecified atom stereocenters. The summed E-state index contributed by atoms with van der Waals surface area (Å²) in [5, 5.41) is 12.8. The number of nitrogen functional groups attached to an aromatic ring is 1. The number of nitrogens with zero attached hydrogens (tertiary/aromatic N) is 4. The first kappa shape index (κ1) is 9.21. The van der Waals surface area contributed by atoms with Gasteiger partial charge in [0.15, 0.2) is 5.82 Å². The Kier molecular flexibility index (Phi) is 2.10. The number of nitrogens with two attached hydrogens (primary N) is 1. The molecule has 0 aliphatic rings. The second-order valence-corrected chi connectivity index (χ2v) is 3.15. The van der Waals surface area contributed by atoms with Gasteiger partial charge in [-0.25, -0.2) is 9.67 Å². The summed E-state index contributed by atoms with van der Waals surface area (Å²) in [6, 6.07) is 5.42. The van der Waals surface area contributed by atoms with Crippen molar-refractivity contribution < 1.29 is 0 Å². The Balaban J connectivity index is 2.51. The molecular weight excluding hydrogens is 190 g/mol. The third-order valence-electron chi connectivity index (χ3n) is 1.96. The van der Waals surface area contributed by atoms with Gasteiger partial charge in [0, 0.05) is 12.4 Å². The molecule has 0 bridgehead atoms. The average Bonchev–Trinajstić information content (AvgIpc) is 2.64. The summed E-state index contributed by atoms with van der Waals surface area (Å²) < 4.78 is 1.59. The number of rotatable bonds is 1. The van der Waals surface area contributed by atoms with Gasteiger partial charge in [-0.3, -0.25) is 0 Å². The van der Waals surface area contributed by atoms with Gasteiger partial charge in [-0.05, 0) is 19.1 Å². The zero-order valence-electron chi connectivity index (χ0n) is 8.18. The fraction of sp³-hybridized carbons (Fsp3) is 0.100. The molecule has 74 valence electrons. The molecule has 0 spiro atoms. The Morgan fingerprint density at radius 2 is 2.33 bits per heavy atom. The van der Waals surface area contributed by atoms with Crippen LogP contribution in [-0.2, 0) is 0 Å². The van der Waals surface area contributed by atoms with Crippen LogP contribution < -0.4 is 5.73 Å². The van der Waals surface area contributed by atoms with Crippen LogP contribution in [0.5, 0.6) is 0 Å². The van der Waals surface area contributed by atoms with Crippen LogP contribution in [0, 0.1) is 18.3 Å². The van der Waals surface area contributed by atoms with Gasteiger partial charge in [-0.2, -0.15) is 10.4 Å². The van der Waals surface area contributed by atoms with E-state index in [2.05, 4.69) is 10.1 Å². The molecule has 0 saturated carbocycles. The van der Waals surface area contributed by atoms with Crippen LogP contribution >= 0.6 is 0 Å². The molecule has 0 fully saturated rings. The zero-order chi connectivity index (χ0) is 10.8. The van der Waals surface area contributed by atoms with Crippen LogP contribution in [0.1, 0.15) is 11.3 Å². The number of aryl methyl sites for hydroxylation is 1. The quantitative estimate of drug-likeness (QED) is 0.743. The van der Waals surface area contributed by atoms with Gasteiger partial charge in [-0.1, -0.05) is 0 Å². The molecule has 0 amide bonds. The van der Waals surface area contributed by atoms with E-state index < -0.39 is 0 Å². The minimum atomic E-state index is 0.442. The van der Waals surface area contributed by atoms with Crippen molar-refractivity contribution in [2.24, 2.45) is 0 Å². The summed E-state index contributed by atoms with van der Waals surface area (Å²) in [5.41, 5.74) is 7.54. The molecule has 2 aromatic rings. The van der Waals surface area contributed by atoms with E-state index in [0.717, 1.165) is 5.69 Å². The standard InChI is InChI=1S/C10H9N5/c1-7-2-3-15(14-7)10-9(12)4-8(5-11)6-13-10/h2-4,6H,12H2,1H3. The van der Waals surface area contributed by atoms with Crippen LogP contribution in [0.25, 0.3) is 5.82 Å². The molecule has 0 aliphatic carbocycles. The maximum absolute atomic E-state index is 8.66. The summed E-state index contributed by atoms with van der Waals surface area (Å²) >= 11 is 0. The van der Waals surface area contributed by atoms with E-state index in [1.165, 1.54) is 6.20 Å². The van der Waals surface area contributed by atoms with Gasteiger partial charge in [0.25, 0.3) is 0 Å². The Labute approximate surface area is 86.8 Å². The molecule has 0 atom stereocenters. The lowest BCUT2D eigenvalue weighted by molar-refractivity contribution is 0.835. The lowest BCUT2D eigenvalue weighted by Gasteiger charge is -2.03. The van der Waals surface area contributed by atoms with E-state index in [9.17, 15) is 0 Å². The molecule has 2 heterocycles. The molecule has 0 radical (unpaired) electrons. The smallest absolute Gasteiger partial charge is 0.176 e. The second-order valence-electron chi connectivity index (χ2n) is 3.15. The lowest BCUT2D eigenvalue weighted by atomic mass is 10.3. The van der Waals surface area contributed by atoms with Crippen molar-refractivity contribution in [3.8, 4) is 11.9 Å². The Bertz CT molecular complexity index is 535. The number of nitriles is 1. The third kappa shape index (κ3) is 1.65. The molecule has 5 nitrogen and oxygen atoms in total. The number of aromatic nitrogens is 3. The summed E-state index contributed by atoms with van der Waals surface area (Å²) in [7, 11) is 0. The van der Waals surface area contributed by atoms with E-state index in [-0.39, 0.29) is 0 Å². The highest BCUT2D eigenvalue weighted by Gasteiger charge is 2.05. The van der Waals surface area contributed by atoms with Crippen molar-refractivity contribution in [2.45, 2.75) is 6.92 Å². The van der Waals surface area contributed by atoms with Crippen molar-refractivity contribution >= 4 is 5.69 Å². The van der Waals surface area contributed by atoms with Gasteiger partial charge in [0.2, 0.25) is 0 Å². The number of anilines is 1. The maximum atomic E-state index is 8.66. The summed E-state index contributed by atoms with van der Waals surface area (Å²) in [4.78, 5) is 4.09. The Morgan fingerprint density at radius 3 is 2.87 bits per heavy atom. The van der Waals surface area contributed by atoms with Crippen LogP contribution in [0.15, 0.2) is 24.5 Å². The number of hydrogen-bond acceptors (Lipinski definition) is 4. The summed E-state index contributed by atoms with van der Waals surface area (Å²) in [5.74, 6) is 0.544. The normalized spacial score (nSPS) is 9.87. The van der Waals surface area contributed by atoms with Crippen LogP contribution in [0.4, 0.5) is 5.69 Å². The molecule has 5 heteroatoms. The molecule has 2 N–H and O–H groups in total. The van der Waals surface area contributed by atoms with Gasteiger partial charge in [0.05, 0.1) is 16.9 Å². The zero-order valence-corrected chi connectivity index (χ0v) is 8.18. The molecule has 2 aromatic heterocycles. The molecule has 0 aromatic carbocycles. The summed E-state index contributed by atoms with van der Waals surface area (Å²) in [6.45, 7) is 1.89. The topological polar surface area (TPSA) is 80.5 Å². The van der Waals surface area contributed by atoms with Gasteiger partial charge in [0.1, 0.15) is 6.07 Å². The van der Waals surface area contributed by atoms with Crippen molar-refractivity contribution in [1.29, 1.82) is 5.26 Å². The SMILES string of the molecule is Cc1ccn(-c2ncc(C#N)cc2N)n1. The number of hydrogen-bond donors (Lipinski definition) is 1. The van der Waals surface area contributed by atoms with Crippen molar-refractivity contribution in [3.05, 3.63) is 35.8 Å².